The molecule has 6 nitrogen and oxygen atoms in total. The fourth-order valence-electron chi connectivity index (χ4n) is 5.13. The Balaban J connectivity index is 1.65. The van der Waals surface area contributed by atoms with Gasteiger partial charge in [-0.1, -0.05) is 6.07 Å². The number of H-pyrrole nitrogens is 1. The molecular weight excluding hydrogens is 381 g/mol. The van der Waals surface area contributed by atoms with Gasteiger partial charge < -0.3 is 15.6 Å². The van der Waals surface area contributed by atoms with E-state index in [0.29, 0.717) is 13.1 Å². The smallest absolute Gasteiger partial charge is 0.322 e. The van der Waals surface area contributed by atoms with E-state index >= 15 is 0 Å². The SMILES string of the molecule is CCN1C(=O)NCC1[N+]1(c2cccc3[nH]c(-c4ccc(F)cc4)cc23)CCNCC1. The van der Waals surface area contributed by atoms with Gasteiger partial charge in [-0.2, -0.15) is 0 Å². The average molecular weight is 409 g/mol. The van der Waals surface area contributed by atoms with Crippen molar-refractivity contribution < 1.29 is 9.18 Å². The van der Waals surface area contributed by atoms with Crippen molar-refractivity contribution in [1.82, 2.24) is 25.0 Å². The van der Waals surface area contributed by atoms with Crippen LogP contribution in [0.1, 0.15) is 6.92 Å². The van der Waals surface area contributed by atoms with Gasteiger partial charge in [0.25, 0.3) is 0 Å². The van der Waals surface area contributed by atoms with Gasteiger partial charge in [-0.15, -0.1) is 0 Å². The summed E-state index contributed by atoms with van der Waals surface area (Å²) in [6.07, 6.45) is 0.0689. The second-order valence-electron chi connectivity index (χ2n) is 8.11. The van der Waals surface area contributed by atoms with Gasteiger partial charge in [0.15, 0.2) is 6.17 Å². The summed E-state index contributed by atoms with van der Waals surface area (Å²) < 4.78 is 14.1. The van der Waals surface area contributed by atoms with E-state index < -0.39 is 0 Å². The molecule has 1 unspecified atom stereocenters. The van der Waals surface area contributed by atoms with E-state index in [4.69, 9.17) is 0 Å². The molecule has 1 atom stereocenters. The van der Waals surface area contributed by atoms with Crippen LogP contribution in [-0.4, -0.2) is 61.3 Å². The van der Waals surface area contributed by atoms with Crippen molar-refractivity contribution >= 4 is 22.6 Å². The van der Waals surface area contributed by atoms with Gasteiger partial charge in [0.05, 0.1) is 30.5 Å². The van der Waals surface area contributed by atoms with Crippen molar-refractivity contribution in [3.63, 3.8) is 0 Å². The van der Waals surface area contributed by atoms with Crippen LogP contribution < -0.4 is 15.1 Å². The van der Waals surface area contributed by atoms with Crippen LogP contribution in [0.4, 0.5) is 14.9 Å². The lowest BCUT2D eigenvalue weighted by Crippen LogP contribution is -2.69. The Morgan fingerprint density at radius 3 is 2.63 bits per heavy atom. The number of hydrogen-bond donors (Lipinski definition) is 3. The molecule has 2 aliphatic rings. The standard InChI is InChI=1S/C23H26FN5O/c1-2-28-22(15-26-23(28)30)29(12-10-25-11-13-29)21-5-3-4-19-18(21)14-20(27-19)16-6-8-17(24)9-7-16/h3-9,14,22,25,27H,2,10-13,15H2,1H3/p+1. The van der Waals surface area contributed by atoms with Crippen LogP contribution >= 0.6 is 0 Å². The van der Waals surface area contributed by atoms with Crippen LogP contribution in [-0.2, 0) is 0 Å². The van der Waals surface area contributed by atoms with Crippen LogP contribution in [0.25, 0.3) is 22.2 Å². The lowest BCUT2D eigenvalue weighted by atomic mass is 10.1. The van der Waals surface area contributed by atoms with E-state index in [-0.39, 0.29) is 18.0 Å². The molecular formula is C23H27FN5O+. The molecule has 156 valence electrons. The number of carbonyl (C=O) groups is 1. The van der Waals surface area contributed by atoms with Gasteiger partial charge in [-0.05, 0) is 55.0 Å². The van der Waals surface area contributed by atoms with Crippen molar-refractivity contribution in [2.75, 3.05) is 39.3 Å². The van der Waals surface area contributed by atoms with Crippen molar-refractivity contribution in [1.29, 1.82) is 0 Å². The van der Waals surface area contributed by atoms with Gasteiger partial charge in [-0.25, -0.2) is 9.18 Å². The maximum absolute atomic E-state index is 13.4. The number of aromatic amines is 1. The predicted molar refractivity (Wildman–Crippen MR) is 118 cm³/mol. The molecule has 7 heteroatoms. The second-order valence-corrected chi connectivity index (χ2v) is 8.11. The average Bonchev–Trinajstić information content (AvgIpc) is 3.38. The molecule has 30 heavy (non-hydrogen) atoms. The number of aromatic nitrogens is 1. The maximum Gasteiger partial charge on any atom is 0.322 e. The van der Waals surface area contributed by atoms with Crippen molar-refractivity contribution in [2.24, 2.45) is 0 Å². The number of likely N-dealkylation sites (N-methyl/N-ethyl adjacent to an activating group) is 1. The van der Waals surface area contributed by atoms with Crippen LogP contribution in [0.15, 0.2) is 48.5 Å². The first kappa shape index (κ1) is 19.1. The van der Waals surface area contributed by atoms with Gasteiger partial charge in [-0.3, -0.25) is 9.38 Å². The summed E-state index contributed by atoms with van der Waals surface area (Å²) in [5.41, 5.74) is 4.22. The Morgan fingerprint density at radius 1 is 1.13 bits per heavy atom. The molecule has 1 aromatic heterocycles. The number of quaternary nitrogens is 1. The van der Waals surface area contributed by atoms with Crippen LogP contribution in [0.3, 0.4) is 0 Å². The lowest BCUT2D eigenvalue weighted by Gasteiger charge is -2.47. The predicted octanol–water partition coefficient (Wildman–Crippen LogP) is 3.26. The number of halogens is 1. The van der Waals surface area contributed by atoms with Crippen LogP contribution in [0.5, 0.6) is 0 Å². The molecule has 2 fully saturated rings. The molecule has 2 amide bonds. The fourth-order valence-corrected chi connectivity index (χ4v) is 5.13. The summed E-state index contributed by atoms with van der Waals surface area (Å²) >= 11 is 0. The Kier molecular flexibility index (Phi) is 4.72. The number of nitrogens with zero attached hydrogens (tertiary/aromatic N) is 2. The zero-order chi connectivity index (χ0) is 20.7. The van der Waals surface area contributed by atoms with Crippen molar-refractivity contribution in [3.8, 4) is 11.3 Å². The van der Waals surface area contributed by atoms with Crippen LogP contribution in [0, 0.1) is 5.82 Å². The third-order valence-corrected chi connectivity index (χ3v) is 6.62. The van der Waals surface area contributed by atoms with E-state index in [1.165, 1.54) is 17.8 Å². The third-order valence-electron chi connectivity index (χ3n) is 6.62. The van der Waals surface area contributed by atoms with Crippen molar-refractivity contribution in [3.05, 3.63) is 54.3 Å². The zero-order valence-electron chi connectivity index (χ0n) is 17.1. The number of benzene rings is 2. The summed E-state index contributed by atoms with van der Waals surface area (Å²) in [5.74, 6) is -0.237. The Morgan fingerprint density at radius 2 is 1.90 bits per heavy atom. The Labute approximate surface area is 175 Å². The Bertz CT molecular complexity index is 1070. The number of fused-ring (bicyclic) bond motifs is 1. The summed E-state index contributed by atoms with van der Waals surface area (Å²) in [6.45, 7) is 7.05. The first-order chi connectivity index (χ1) is 14.6. The van der Waals surface area contributed by atoms with Gasteiger partial charge >= 0.3 is 6.03 Å². The number of hydrogen-bond acceptors (Lipinski definition) is 2. The van der Waals surface area contributed by atoms with Crippen LogP contribution in [0.2, 0.25) is 0 Å². The number of urea groups is 1. The van der Waals surface area contributed by atoms with Gasteiger partial charge in [0.2, 0.25) is 0 Å². The third kappa shape index (κ3) is 2.97. The Hall–Kier alpha value is -2.90. The van der Waals surface area contributed by atoms with Crippen molar-refractivity contribution in [2.45, 2.75) is 13.1 Å². The topological polar surface area (TPSA) is 60.2 Å². The fraction of sp³-hybridized carbons (Fsp3) is 0.348. The zero-order valence-corrected chi connectivity index (χ0v) is 17.1. The van der Waals surface area contributed by atoms with Gasteiger partial charge in [0.1, 0.15) is 11.5 Å². The molecule has 5 rings (SSSR count). The first-order valence-electron chi connectivity index (χ1n) is 10.6. The highest BCUT2D eigenvalue weighted by Gasteiger charge is 2.49. The van der Waals surface area contributed by atoms with E-state index in [2.05, 4.69) is 39.9 Å². The molecule has 0 aliphatic carbocycles. The summed E-state index contributed by atoms with van der Waals surface area (Å²) in [7, 11) is 0. The monoisotopic (exact) mass is 408 g/mol. The molecule has 2 aromatic carbocycles. The van der Waals surface area contributed by atoms with E-state index in [0.717, 1.165) is 52.8 Å². The second kappa shape index (κ2) is 7.41. The van der Waals surface area contributed by atoms with E-state index in [9.17, 15) is 9.18 Å². The highest BCUT2D eigenvalue weighted by atomic mass is 19.1. The van der Waals surface area contributed by atoms with E-state index in [1.54, 1.807) is 12.1 Å². The number of amides is 2. The summed E-state index contributed by atoms with van der Waals surface area (Å²) in [4.78, 5) is 17.9. The number of nitrogens with one attached hydrogen (secondary N) is 3. The van der Waals surface area contributed by atoms with Gasteiger partial charge in [0, 0.05) is 25.3 Å². The number of piperazine rings is 1. The maximum atomic E-state index is 13.4. The molecule has 0 radical (unpaired) electrons. The highest BCUT2D eigenvalue weighted by molar-refractivity contribution is 5.95. The molecule has 0 bridgehead atoms. The quantitative estimate of drug-likeness (QED) is 0.581. The number of carbonyl (C=O) groups excluding carboxylic acids is 1. The summed E-state index contributed by atoms with van der Waals surface area (Å²) in [5, 5.41) is 7.69. The molecule has 0 saturated carbocycles. The first-order valence-corrected chi connectivity index (χ1v) is 10.6. The minimum Gasteiger partial charge on any atom is -0.354 e. The minimum atomic E-state index is -0.237. The molecule has 2 saturated heterocycles. The van der Waals surface area contributed by atoms with E-state index in [1.807, 2.05) is 11.8 Å². The summed E-state index contributed by atoms with van der Waals surface area (Å²) in [6, 6.07) is 15.1. The molecule has 3 heterocycles. The molecule has 0 spiro atoms. The molecule has 2 aliphatic heterocycles. The highest BCUT2D eigenvalue weighted by Crippen LogP contribution is 2.38. The lowest BCUT2D eigenvalue weighted by molar-refractivity contribution is 0.0931. The minimum absolute atomic E-state index is 0.0202. The molecule has 3 N–H and O–H groups in total. The number of rotatable bonds is 4. The normalized spacial score (nSPS) is 21.2. The molecule has 3 aromatic rings. The largest absolute Gasteiger partial charge is 0.354 e.